The molecular formula is C20H27N3. The number of hydrogen-bond donors (Lipinski definition) is 0. The summed E-state index contributed by atoms with van der Waals surface area (Å²) >= 11 is 0. The van der Waals surface area contributed by atoms with Gasteiger partial charge in [0, 0.05) is 37.9 Å². The van der Waals surface area contributed by atoms with Gasteiger partial charge < -0.3 is 4.90 Å². The van der Waals surface area contributed by atoms with E-state index in [0.717, 1.165) is 18.9 Å². The van der Waals surface area contributed by atoms with Gasteiger partial charge in [-0.3, -0.25) is 4.90 Å². The van der Waals surface area contributed by atoms with E-state index < -0.39 is 0 Å². The number of nitrogens with zero attached hydrogens (tertiary/aromatic N) is 3. The third kappa shape index (κ3) is 3.73. The lowest BCUT2D eigenvalue weighted by Gasteiger charge is -2.37. The van der Waals surface area contributed by atoms with Crippen LogP contribution in [0, 0.1) is 0 Å². The molecule has 0 saturated carbocycles. The van der Waals surface area contributed by atoms with Crippen LogP contribution in [-0.4, -0.2) is 30.0 Å². The molecule has 1 aromatic heterocycles. The van der Waals surface area contributed by atoms with Gasteiger partial charge in [0.1, 0.15) is 5.82 Å². The normalized spacial score (nSPS) is 18.8. The van der Waals surface area contributed by atoms with Crippen LogP contribution in [0.15, 0.2) is 48.7 Å². The summed E-state index contributed by atoms with van der Waals surface area (Å²) < 4.78 is 0. The third-order valence-corrected chi connectivity index (χ3v) is 4.85. The number of benzene rings is 1. The van der Waals surface area contributed by atoms with E-state index in [4.69, 9.17) is 0 Å². The molecule has 0 N–H and O–H groups in total. The Hall–Kier alpha value is -1.87. The molecule has 0 bridgehead atoms. The van der Waals surface area contributed by atoms with Crippen LogP contribution in [0.4, 0.5) is 5.82 Å². The fraction of sp³-hybridized carbons (Fsp3) is 0.450. The lowest BCUT2D eigenvalue weighted by Crippen LogP contribution is -2.34. The van der Waals surface area contributed by atoms with E-state index in [1.54, 1.807) is 0 Å². The number of piperidine rings is 1. The number of rotatable bonds is 5. The lowest BCUT2D eigenvalue weighted by atomic mass is 9.94. The molecule has 23 heavy (non-hydrogen) atoms. The van der Waals surface area contributed by atoms with Crippen molar-refractivity contribution in [2.75, 3.05) is 25.0 Å². The molecule has 122 valence electrons. The van der Waals surface area contributed by atoms with Gasteiger partial charge in [-0.15, -0.1) is 0 Å². The minimum atomic E-state index is 0.474. The predicted molar refractivity (Wildman–Crippen MR) is 96.6 cm³/mol. The zero-order valence-corrected chi connectivity index (χ0v) is 14.3. The van der Waals surface area contributed by atoms with Crippen LogP contribution in [0.1, 0.15) is 43.4 Å². The first kappa shape index (κ1) is 16.0. The topological polar surface area (TPSA) is 19.4 Å². The molecule has 1 saturated heterocycles. The molecule has 0 aliphatic carbocycles. The van der Waals surface area contributed by atoms with Crippen molar-refractivity contribution < 1.29 is 0 Å². The largest absolute Gasteiger partial charge is 0.360 e. The highest BCUT2D eigenvalue weighted by atomic mass is 15.2. The summed E-state index contributed by atoms with van der Waals surface area (Å²) in [6.07, 6.45) is 5.74. The van der Waals surface area contributed by atoms with E-state index >= 15 is 0 Å². The second-order valence-electron chi connectivity index (χ2n) is 6.40. The van der Waals surface area contributed by atoms with E-state index in [9.17, 15) is 0 Å². The summed E-state index contributed by atoms with van der Waals surface area (Å²) in [5.41, 5.74) is 2.78. The van der Waals surface area contributed by atoms with Crippen LogP contribution in [0.5, 0.6) is 0 Å². The van der Waals surface area contributed by atoms with Gasteiger partial charge in [0.2, 0.25) is 0 Å². The summed E-state index contributed by atoms with van der Waals surface area (Å²) in [7, 11) is 2.14. The van der Waals surface area contributed by atoms with Crippen molar-refractivity contribution >= 4 is 5.82 Å². The van der Waals surface area contributed by atoms with E-state index in [1.165, 1.54) is 36.9 Å². The SMILES string of the molecule is CCN(C)c1ncccc1[C@H]1CCCCN1Cc1ccccc1. The fourth-order valence-corrected chi connectivity index (χ4v) is 3.49. The van der Waals surface area contributed by atoms with E-state index in [2.05, 4.69) is 71.2 Å². The van der Waals surface area contributed by atoms with Crippen molar-refractivity contribution in [3.63, 3.8) is 0 Å². The smallest absolute Gasteiger partial charge is 0.133 e. The maximum Gasteiger partial charge on any atom is 0.133 e. The first-order chi connectivity index (χ1) is 11.3. The predicted octanol–water partition coefficient (Wildman–Crippen LogP) is 4.26. The Kier molecular flexibility index (Phi) is 5.29. The van der Waals surface area contributed by atoms with Crippen molar-refractivity contribution in [2.45, 2.75) is 38.8 Å². The van der Waals surface area contributed by atoms with E-state index in [-0.39, 0.29) is 0 Å². The molecule has 0 amide bonds. The molecule has 1 aromatic carbocycles. The summed E-state index contributed by atoms with van der Waals surface area (Å²) in [5, 5.41) is 0. The number of likely N-dealkylation sites (tertiary alicyclic amines) is 1. The van der Waals surface area contributed by atoms with Crippen LogP contribution in [0.3, 0.4) is 0 Å². The van der Waals surface area contributed by atoms with E-state index in [1.807, 2.05) is 6.20 Å². The Labute approximate surface area is 140 Å². The van der Waals surface area contributed by atoms with Gasteiger partial charge in [0.05, 0.1) is 0 Å². The second-order valence-corrected chi connectivity index (χ2v) is 6.40. The van der Waals surface area contributed by atoms with Crippen molar-refractivity contribution in [2.24, 2.45) is 0 Å². The molecule has 1 atom stereocenters. The first-order valence-electron chi connectivity index (χ1n) is 8.73. The highest BCUT2D eigenvalue weighted by molar-refractivity contribution is 5.47. The average Bonchev–Trinajstić information content (AvgIpc) is 2.62. The van der Waals surface area contributed by atoms with Gasteiger partial charge in [0.15, 0.2) is 0 Å². The average molecular weight is 309 g/mol. The number of pyridine rings is 1. The standard InChI is InChI=1S/C20H27N3/c1-3-22(2)20-18(12-9-14-21-20)19-13-7-8-15-23(19)16-17-10-5-4-6-11-17/h4-6,9-12,14,19H,3,7-8,13,15-16H2,1-2H3/t19-/m1/s1. The molecule has 0 unspecified atom stereocenters. The molecule has 0 radical (unpaired) electrons. The molecule has 3 heteroatoms. The van der Waals surface area contributed by atoms with E-state index in [0.29, 0.717) is 6.04 Å². The molecule has 1 fully saturated rings. The van der Waals surface area contributed by atoms with Crippen LogP contribution >= 0.6 is 0 Å². The molecule has 1 aliphatic heterocycles. The summed E-state index contributed by atoms with van der Waals surface area (Å²) in [4.78, 5) is 9.55. The Morgan fingerprint density at radius 2 is 1.96 bits per heavy atom. The molecular weight excluding hydrogens is 282 g/mol. The highest BCUT2D eigenvalue weighted by Crippen LogP contribution is 2.35. The number of anilines is 1. The summed E-state index contributed by atoms with van der Waals surface area (Å²) in [5.74, 6) is 1.14. The quantitative estimate of drug-likeness (QED) is 0.822. The second kappa shape index (κ2) is 7.60. The summed E-state index contributed by atoms with van der Waals surface area (Å²) in [6.45, 7) is 5.36. The van der Waals surface area contributed by atoms with Gasteiger partial charge in [-0.2, -0.15) is 0 Å². The van der Waals surface area contributed by atoms with Crippen LogP contribution < -0.4 is 4.90 Å². The molecule has 0 spiro atoms. The summed E-state index contributed by atoms with van der Waals surface area (Å²) in [6, 6.07) is 15.6. The monoisotopic (exact) mass is 309 g/mol. The van der Waals surface area contributed by atoms with Crippen LogP contribution in [-0.2, 0) is 6.54 Å². The zero-order chi connectivity index (χ0) is 16.1. The molecule has 2 aromatic rings. The Morgan fingerprint density at radius 3 is 2.74 bits per heavy atom. The lowest BCUT2D eigenvalue weighted by molar-refractivity contribution is 0.140. The number of aromatic nitrogens is 1. The van der Waals surface area contributed by atoms with Gasteiger partial charge in [-0.1, -0.05) is 42.8 Å². The zero-order valence-electron chi connectivity index (χ0n) is 14.3. The van der Waals surface area contributed by atoms with Crippen LogP contribution in [0.25, 0.3) is 0 Å². The van der Waals surface area contributed by atoms with Gasteiger partial charge in [-0.05, 0) is 37.9 Å². The van der Waals surface area contributed by atoms with Gasteiger partial charge in [-0.25, -0.2) is 4.98 Å². The Morgan fingerprint density at radius 1 is 1.13 bits per heavy atom. The minimum Gasteiger partial charge on any atom is -0.360 e. The minimum absolute atomic E-state index is 0.474. The van der Waals surface area contributed by atoms with Crippen molar-refractivity contribution in [1.29, 1.82) is 0 Å². The highest BCUT2D eigenvalue weighted by Gasteiger charge is 2.27. The Balaban J connectivity index is 1.87. The first-order valence-corrected chi connectivity index (χ1v) is 8.73. The van der Waals surface area contributed by atoms with Crippen molar-refractivity contribution in [1.82, 2.24) is 9.88 Å². The number of hydrogen-bond acceptors (Lipinski definition) is 3. The molecule has 1 aliphatic rings. The van der Waals surface area contributed by atoms with Gasteiger partial charge >= 0.3 is 0 Å². The molecule has 3 rings (SSSR count). The van der Waals surface area contributed by atoms with Crippen molar-refractivity contribution in [3.8, 4) is 0 Å². The fourth-order valence-electron chi connectivity index (χ4n) is 3.49. The molecule has 3 nitrogen and oxygen atoms in total. The third-order valence-electron chi connectivity index (χ3n) is 4.85. The van der Waals surface area contributed by atoms with Gasteiger partial charge in [0.25, 0.3) is 0 Å². The maximum absolute atomic E-state index is 4.67. The maximum atomic E-state index is 4.67. The Bertz CT molecular complexity index is 611. The molecule has 2 heterocycles. The van der Waals surface area contributed by atoms with Crippen LogP contribution in [0.2, 0.25) is 0 Å². The van der Waals surface area contributed by atoms with Crippen molar-refractivity contribution in [3.05, 3.63) is 59.8 Å².